The second kappa shape index (κ2) is 8.32. The summed E-state index contributed by atoms with van der Waals surface area (Å²) < 4.78 is 16.3. The Balaban J connectivity index is 1.82. The van der Waals surface area contributed by atoms with Crippen molar-refractivity contribution < 1.29 is 14.2 Å². The van der Waals surface area contributed by atoms with Gasteiger partial charge in [0.1, 0.15) is 34.6 Å². The molecule has 0 saturated heterocycles. The van der Waals surface area contributed by atoms with E-state index in [1.807, 2.05) is 42.5 Å². The van der Waals surface area contributed by atoms with Gasteiger partial charge in [-0.2, -0.15) is 0 Å². The number of H-pyrrole nitrogens is 1. The second-order valence-corrected chi connectivity index (χ2v) is 6.80. The Bertz CT molecular complexity index is 1200. The third kappa shape index (κ3) is 3.50. The number of nitrogens with zero attached hydrogens (tertiary/aromatic N) is 3. The zero-order chi connectivity index (χ0) is 21.1. The highest BCUT2D eigenvalue weighted by atomic mass is 16.5. The molecule has 7 nitrogen and oxygen atoms in total. The molecule has 0 amide bonds. The molecule has 30 heavy (non-hydrogen) atoms. The summed E-state index contributed by atoms with van der Waals surface area (Å²) in [7, 11) is 4.97. The van der Waals surface area contributed by atoms with Crippen molar-refractivity contribution in [3.05, 3.63) is 60.9 Å². The predicted molar refractivity (Wildman–Crippen MR) is 119 cm³/mol. The second-order valence-electron chi connectivity index (χ2n) is 6.80. The van der Waals surface area contributed by atoms with Crippen LogP contribution in [0, 0.1) is 0 Å². The van der Waals surface area contributed by atoms with Gasteiger partial charge in [-0.15, -0.1) is 6.58 Å². The summed E-state index contributed by atoms with van der Waals surface area (Å²) in [5.41, 5.74) is 3.68. The molecule has 2 aromatic heterocycles. The number of aromatic nitrogens is 3. The van der Waals surface area contributed by atoms with E-state index in [1.165, 1.54) is 0 Å². The summed E-state index contributed by atoms with van der Waals surface area (Å²) in [4.78, 5) is 14.7. The van der Waals surface area contributed by atoms with Crippen LogP contribution in [0.5, 0.6) is 17.2 Å². The summed E-state index contributed by atoms with van der Waals surface area (Å²) in [6, 6.07) is 11.7. The Morgan fingerprint density at radius 1 is 1.00 bits per heavy atom. The molecule has 4 aromatic rings. The maximum atomic E-state index is 5.56. The lowest BCUT2D eigenvalue weighted by atomic mass is 10.1. The van der Waals surface area contributed by atoms with Gasteiger partial charge in [0.25, 0.3) is 0 Å². The van der Waals surface area contributed by atoms with Crippen LogP contribution >= 0.6 is 0 Å². The summed E-state index contributed by atoms with van der Waals surface area (Å²) in [5.74, 6) is 3.14. The van der Waals surface area contributed by atoms with E-state index in [0.29, 0.717) is 13.1 Å². The normalized spacial score (nSPS) is 10.9. The predicted octanol–water partition coefficient (Wildman–Crippen LogP) is 4.33. The number of fused-ring (bicyclic) bond motifs is 3. The molecule has 0 radical (unpaired) electrons. The average Bonchev–Trinajstić information content (AvgIpc) is 3.16. The zero-order valence-corrected chi connectivity index (χ0v) is 17.3. The number of ether oxygens (including phenoxy) is 3. The van der Waals surface area contributed by atoms with Gasteiger partial charge < -0.3 is 24.1 Å². The van der Waals surface area contributed by atoms with Gasteiger partial charge in [-0.1, -0.05) is 6.08 Å². The molecule has 0 atom stereocenters. The van der Waals surface area contributed by atoms with Crippen molar-refractivity contribution in [2.75, 3.05) is 32.8 Å². The summed E-state index contributed by atoms with van der Waals surface area (Å²) in [5, 5.41) is 0.991. The number of nitrogens with one attached hydrogen (secondary N) is 1. The van der Waals surface area contributed by atoms with Gasteiger partial charge in [0.2, 0.25) is 0 Å². The molecule has 0 bridgehead atoms. The molecule has 154 valence electrons. The van der Waals surface area contributed by atoms with Crippen molar-refractivity contribution >= 4 is 27.8 Å². The smallest absolute Gasteiger partial charge is 0.157 e. The van der Waals surface area contributed by atoms with Crippen LogP contribution in [0.1, 0.15) is 5.56 Å². The number of benzene rings is 2. The highest BCUT2D eigenvalue weighted by Gasteiger charge is 2.18. The molecule has 1 N–H and O–H groups in total. The van der Waals surface area contributed by atoms with E-state index in [2.05, 4.69) is 26.4 Å². The van der Waals surface area contributed by atoms with E-state index in [0.717, 1.165) is 50.6 Å². The van der Waals surface area contributed by atoms with Gasteiger partial charge in [-0.3, -0.25) is 0 Å². The highest BCUT2D eigenvalue weighted by Crippen LogP contribution is 2.33. The van der Waals surface area contributed by atoms with Crippen LogP contribution in [-0.4, -0.2) is 42.8 Å². The SMILES string of the molecule is C=CCN(Cc1cc(OC)ccc1OC)c1ncnc2c1[nH]c1ccc(OC)cc12. The molecule has 0 fully saturated rings. The molecular weight excluding hydrogens is 380 g/mol. The van der Waals surface area contributed by atoms with Crippen LogP contribution in [0.25, 0.3) is 21.9 Å². The van der Waals surface area contributed by atoms with Crippen LogP contribution in [0.15, 0.2) is 55.4 Å². The van der Waals surface area contributed by atoms with Crippen molar-refractivity contribution in [2.45, 2.75) is 6.54 Å². The minimum absolute atomic E-state index is 0.567. The molecule has 0 aliphatic carbocycles. The lowest BCUT2D eigenvalue weighted by molar-refractivity contribution is 0.398. The maximum Gasteiger partial charge on any atom is 0.157 e. The Morgan fingerprint density at radius 2 is 1.77 bits per heavy atom. The van der Waals surface area contributed by atoms with E-state index in [4.69, 9.17) is 14.2 Å². The van der Waals surface area contributed by atoms with E-state index in [-0.39, 0.29) is 0 Å². The monoisotopic (exact) mass is 404 g/mol. The minimum atomic E-state index is 0.567. The van der Waals surface area contributed by atoms with Gasteiger partial charge in [-0.05, 0) is 36.4 Å². The Labute approximate surface area is 174 Å². The Morgan fingerprint density at radius 3 is 2.50 bits per heavy atom. The number of hydrogen-bond donors (Lipinski definition) is 1. The number of methoxy groups -OCH3 is 3. The third-order valence-corrected chi connectivity index (χ3v) is 5.07. The summed E-state index contributed by atoms with van der Waals surface area (Å²) in [6.07, 6.45) is 3.44. The molecule has 0 unspecified atom stereocenters. The van der Waals surface area contributed by atoms with Crippen molar-refractivity contribution in [1.29, 1.82) is 0 Å². The first kappa shape index (κ1) is 19.6. The minimum Gasteiger partial charge on any atom is -0.497 e. The maximum absolute atomic E-state index is 5.56. The molecule has 7 heteroatoms. The lowest BCUT2D eigenvalue weighted by Crippen LogP contribution is -2.24. The molecule has 4 rings (SSSR count). The Hall–Kier alpha value is -3.74. The average molecular weight is 404 g/mol. The number of rotatable bonds is 8. The fourth-order valence-corrected chi connectivity index (χ4v) is 3.62. The Kier molecular flexibility index (Phi) is 5.43. The third-order valence-electron chi connectivity index (χ3n) is 5.07. The van der Waals surface area contributed by atoms with Crippen molar-refractivity contribution in [2.24, 2.45) is 0 Å². The van der Waals surface area contributed by atoms with Crippen molar-refractivity contribution in [1.82, 2.24) is 15.0 Å². The fraction of sp³-hybridized carbons (Fsp3) is 0.217. The van der Waals surface area contributed by atoms with E-state index < -0.39 is 0 Å². The number of hydrogen-bond acceptors (Lipinski definition) is 6. The van der Waals surface area contributed by atoms with Crippen LogP contribution < -0.4 is 19.1 Å². The first-order valence-corrected chi connectivity index (χ1v) is 9.55. The topological polar surface area (TPSA) is 72.5 Å². The number of aromatic amines is 1. The largest absolute Gasteiger partial charge is 0.497 e. The first-order valence-electron chi connectivity index (χ1n) is 9.55. The van der Waals surface area contributed by atoms with Gasteiger partial charge in [-0.25, -0.2) is 9.97 Å². The van der Waals surface area contributed by atoms with Gasteiger partial charge in [0.15, 0.2) is 5.82 Å². The fourth-order valence-electron chi connectivity index (χ4n) is 3.62. The molecule has 2 aromatic carbocycles. The van der Waals surface area contributed by atoms with Crippen molar-refractivity contribution in [3.8, 4) is 17.2 Å². The number of anilines is 1. The van der Waals surface area contributed by atoms with E-state index in [9.17, 15) is 0 Å². The zero-order valence-electron chi connectivity index (χ0n) is 17.3. The van der Waals surface area contributed by atoms with Crippen LogP contribution in [0.4, 0.5) is 5.82 Å². The molecular formula is C23H24N4O3. The van der Waals surface area contributed by atoms with Gasteiger partial charge in [0, 0.05) is 29.6 Å². The molecule has 0 saturated carbocycles. The summed E-state index contributed by atoms with van der Waals surface area (Å²) in [6.45, 7) is 5.09. The van der Waals surface area contributed by atoms with E-state index >= 15 is 0 Å². The summed E-state index contributed by atoms with van der Waals surface area (Å²) >= 11 is 0. The van der Waals surface area contributed by atoms with Crippen LogP contribution in [-0.2, 0) is 6.54 Å². The highest BCUT2D eigenvalue weighted by molar-refractivity contribution is 6.08. The van der Waals surface area contributed by atoms with Crippen molar-refractivity contribution in [3.63, 3.8) is 0 Å². The molecule has 0 aliphatic heterocycles. The van der Waals surface area contributed by atoms with Gasteiger partial charge in [0.05, 0.1) is 21.3 Å². The molecule has 0 aliphatic rings. The van der Waals surface area contributed by atoms with E-state index in [1.54, 1.807) is 27.7 Å². The first-order chi connectivity index (χ1) is 14.7. The molecule has 0 spiro atoms. The standard InChI is InChI=1S/C23H24N4O3/c1-5-10-27(13-15-11-16(28-2)7-9-20(15)30-4)23-22-21(24-14-25-23)18-12-17(29-3)6-8-19(18)26-22/h5-9,11-12,14,26H,1,10,13H2,2-4H3. The molecule has 2 heterocycles. The van der Waals surface area contributed by atoms with Crippen LogP contribution in [0.3, 0.4) is 0 Å². The quantitative estimate of drug-likeness (QED) is 0.441. The lowest BCUT2D eigenvalue weighted by Gasteiger charge is -2.24. The van der Waals surface area contributed by atoms with Gasteiger partial charge >= 0.3 is 0 Å². The van der Waals surface area contributed by atoms with Crippen LogP contribution in [0.2, 0.25) is 0 Å².